The molecule has 0 aromatic heterocycles. The van der Waals surface area contributed by atoms with Gasteiger partial charge >= 0.3 is 0 Å². The van der Waals surface area contributed by atoms with Crippen molar-refractivity contribution in [3.63, 3.8) is 0 Å². The molecule has 0 radical (unpaired) electrons. The van der Waals surface area contributed by atoms with E-state index in [0.717, 1.165) is 16.7 Å². The van der Waals surface area contributed by atoms with E-state index in [1.807, 2.05) is 93.6 Å². The first-order valence-corrected chi connectivity index (χ1v) is 13.0. The molecule has 3 nitrogen and oxygen atoms in total. The number of hydrogen-bond acceptors (Lipinski definition) is 3. The second-order valence-electron chi connectivity index (χ2n) is 8.62. The summed E-state index contributed by atoms with van der Waals surface area (Å²) in [7, 11) is -4.21. The lowest BCUT2D eigenvalue weighted by Gasteiger charge is -2.24. The van der Waals surface area contributed by atoms with E-state index in [9.17, 15) is 14.2 Å². The average molecular weight is 467 g/mol. The Labute approximate surface area is 200 Å². The lowest BCUT2D eigenvalue weighted by Crippen LogP contribution is -2.26. The second-order valence-corrected chi connectivity index (χ2v) is 11.2. The van der Waals surface area contributed by atoms with Crippen LogP contribution < -0.4 is 5.30 Å². The minimum atomic E-state index is -4.21. The van der Waals surface area contributed by atoms with Gasteiger partial charge in [0.15, 0.2) is 0 Å². The lowest BCUT2D eigenvalue weighted by molar-refractivity contribution is -0.112. The van der Waals surface area contributed by atoms with Gasteiger partial charge in [-0.15, -0.1) is 0 Å². The maximum Gasteiger partial charge on any atom is 0.244 e. The van der Waals surface area contributed by atoms with Crippen molar-refractivity contribution < 1.29 is 14.2 Å². The molecule has 1 atom stereocenters. The standard InChI is InChI=1S/C30H27O3P/c1-21-19-22(2)27(23(3)20-21)29(31)34(33,26-17-11-6-12-18-26)30(32)28(24-13-7-4-8-14-24)25-15-9-5-10-16-25/h4-20,28H,1-3H3. The van der Waals surface area contributed by atoms with Gasteiger partial charge in [-0.2, -0.15) is 0 Å². The summed E-state index contributed by atoms with van der Waals surface area (Å²) < 4.78 is 14.9. The van der Waals surface area contributed by atoms with Gasteiger partial charge in [-0.05, 0) is 43.0 Å². The lowest BCUT2D eigenvalue weighted by atomic mass is 9.92. The van der Waals surface area contributed by atoms with Gasteiger partial charge in [0, 0.05) is 10.9 Å². The molecule has 34 heavy (non-hydrogen) atoms. The Morgan fingerprint density at radius 1 is 0.647 bits per heavy atom. The molecule has 0 aliphatic heterocycles. The fourth-order valence-corrected chi connectivity index (χ4v) is 7.22. The Hall–Kier alpha value is -3.55. The number of carbonyl (C=O) groups excluding carboxylic acids is 2. The predicted octanol–water partition coefficient (Wildman–Crippen LogP) is 6.80. The Bertz CT molecular complexity index is 1310. The minimum Gasteiger partial charge on any atom is -0.302 e. The summed E-state index contributed by atoms with van der Waals surface area (Å²) >= 11 is 0. The van der Waals surface area contributed by atoms with E-state index in [0.29, 0.717) is 16.7 Å². The van der Waals surface area contributed by atoms with Crippen molar-refractivity contribution in [2.75, 3.05) is 0 Å². The van der Waals surface area contributed by atoms with E-state index in [2.05, 4.69) is 0 Å². The summed E-state index contributed by atoms with van der Waals surface area (Å²) in [5, 5.41) is 0.265. The molecule has 170 valence electrons. The molecule has 0 heterocycles. The number of benzene rings is 4. The van der Waals surface area contributed by atoms with Gasteiger partial charge in [0.05, 0.1) is 5.92 Å². The van der Waals surface area contributed by atoms with Gasteiger partial charge in [0.1, 0.15) is 0 Å². The molecule has 0 bridgehead atoms. The summed E-state index contributed by atoms with van der Waals surface area (Å²) in [4.78, 5) is 28.5. The SMILES string of the molecule is Cc1cc(C)c(C(=O)P(=O)(C(=O)C(c2ccccc2)c2ccccc2)c2ccccc2)c(C)c1. The van der Waals surface area contributed by atoms with Gasteiger partial charge in [0.25, 0.3) is 0 Å². The number of hydrogen-bond donors (Lipinski definition) is 0. The molecule has 1 unspecified atom stereocenters. The highest BCUT2D eigenvalue weighted by Crippen LogP contribution is 2.54. The molecule has 0 aliphatic carbocycles. The van der Waals surface area contributed by atoms with Crippen molar-refractivity contribution in [2.45, 2.75) is 26.7 Å². The summed E-state index contributed by atoms with van der Waals surface area (Å²) in [6.07, 6.45) is 0. The summed E-state index contributed by atoms with van der Waals surface area (Å²) in [5.74, 6) is -0.830. The molecule has 0 saturated carbocycles. The molecule has 4 heteroatoms. The highest BCUT2D eigenvalue weighted by molar-refractivity contribution is 8.00. The Kier molecular flexibility index (Phi) is 6.77. The maximum absolute atomic E-state index is 14.9. The molecular formula is C30H27O3P. The minimum absolute atomic E-state index is 0.265. The zero-order chi connectivity index (χ0) is 24.3. The van der Waals surface area contributed by atoms with Crippen LogP contribution in [0.5, 0.6) is 0 Å². The van der Waals surface area contributed by atoms with Crippen LogP contribution in [0.2, 0.25) is 0 Å². The van der Waals surface area contributed by atoms with Gasteiger partial charge < -0.3 is 4.57 Å². The zero-order valence-electron chi connectivity index (χ0n) is 19.6. The van der Waals surface area contributed by atoms with Gasteiger partial charge in [-0.3, -0.25) is 9.59 Å². The summed E-state index contributed by atoms with van der Waals surface area (Å²) in [6.45, 7) is 5.62. The van der Waals surface area contributed by atoms with Gasteiger partial charge in [-0.1, -0.05) is 109 Å². The van der Waals surface area contributed by atoms with Crippen molar-refractivity contribution in [1.29, 1.82) is 0 Å². The van der Waals surface area contributed by atoms with Crippen LogP contribution in [0, 0.1) is 20.8 Å². The molecule has 4 rings (SSSR count). The molecule has 0 spiro atoms. The Balaban J connectivity index is 1.97. The topological polar surface area (TPSA) is 51.2 Å². The van der Waals surface area contributed by atoms with Crippen molar-refractivity contribution in [1.82, 2.24) is 0 Å². The van der Waals surface area contributed by atoms with Crippen molar-refractivity contribution in [2.24, 2.45) is 0 Å². The zero-order valence-corrected chi connectivity index (χ0v) is 20.5. The van der Waals surface area contributed by atoms with Crippen LogP contribution in [-0.4, -0.2) is 11.0 Å². The fraction of sp³-hybridized carbons (Fsp3) is 0.133. The molecule has 0 amide bonds. The molecule has 0 aliphatic rings. The van der Waals surface area contributed by atoms with Crippen LogP contribution in [-0.2, 0) is 9.36 Å². The Morgan fingerprint density at radius 2 is 1.06 bits per heavy atom. The van der Waals surface area contributed by atoms with E-state index in [-0.39, 0.29) is 5.30 Å². The largest absolute Gasteiger partial charge is 0.302 e. The highest BCUT2D eigenvalue weighted by Gasteiger charge is 2.46. The van der Waals surface area contributed by atoms with Crippen LogP contribution in [0.4, 0.5) is 0 Å². The quantitative estimate of drug-likeness (QED) is 0.282. The smallest absolute Gasteiger partial charge is 0.244 e. The van der Waals surface area contributed by atoms with E-state index in [1.165, 1.54) is 0 Å². The monoisotopic (exact) mass is 466 g/mol. The summed E-state index contributed by atoms with van der Waals surface area (Å²) in [5.41, 5.74) is 3.07. The molecule has 0 N–H and O–H groups in total. The van der Waals surface area contributed by atoms with Crippen LogP contribution >= 0.6 is 7.14 Å². The second kappa shape index (κ2) is 9.75. The molecule has 0 saturated heterocycles. The maximum atomic E-state index is 14.9. The van der Waals surface area contributed by atoms with E-state index < -0.39 is 24.1 Å². The first kappa shape index (κ1) is 23.6. The molecular weight excluding hydrogens is 439 g/mol. The molecule has 0 fully saturated rings. The van der Waals surface area contributed by atoms with Crippen molar-refractivity contribution >= 4 is 23.5 Å². The third kappa shape index (κ3) is 4.32. The number of rotatable bonds is 7. The number of carbonyl (C=O) groups is 2. The van der Waals surface area contributed by atoms with Crippen LogP contribution in [0.15, 0.2) is 103 Å². The average Bonchev–Trinajstić information content (AvgIpc) is 2.85. The van der Waals surface area contributed by atoms with Crippen molar-refractivity contribution in [3.05, 3.63) is 137 Å². The van der Waals surface area contributed by atoms with Crippen LogP contribution in [0.1, 0.15) is 44.1 Å². The third-order valence-electron chi connectivity index (χ3n) is 6.12. The van der Waals surface area contributed by atoms with Crippen LogP contribution in [0.3, 0.4) is 0 Å². The normalized spacial score (nSPS) is 12.8. The van der Waals surface area contributed by atoms with Crippen molar-refractivity contribution in [3.8, 4) is 0 Å². The first-order chi connectivity index (χ1) is 16.3. The Morgan fingerprint density at radius 3 is 1.50 bits per heavy atom. The van der Waals surface area contributed by atoms with Gasteiger partial charge in [-0.25, -0.2) is 0 Å². The van der Waals surface area contributed by atoms with E-state index >= 15 is 0 Å². The predicted molar refractivity (Wildman–Crippen MR) is 138 cm³/mol. The third-order valence-corrected chi connectivity index (χ3v) is 8.82. The molecule has 4 aromatic carbocycles. The number of aryl methyl sites for hydroxylation is 3. The fourth-order valence-electron chi connectivity index (χ4n) is 4.61. The van der Waals surface area contributed by atoms with E-state index in [4.69, 9.17) is 0 Å². The van der Waals surface area contributed by atoms with E-state index in [1.54, 1.807) is 30.3 Å². The summed E-state index contributed by atoms with van der Waals surface area (Å²) in [6, 6.07) is 30.8. The molecule has 4 aromatic rings. The van der Waals surface area contributed by atoms with Crippen LogP contribution in [0.25, 0.3) is 0 Å². The highest BCUT2D eigenvalue weighted by atomic mass is 31.2. The van der Waals surface area contributed by atoms with Gasteiger partial charge in [0.2, 0.25) is 18.2 Å². The first-order valence-electron chi connectivity index (χ1n) is 11.3.